The summed E-state index contributed by atoms with van der Waals surface area (Å²) in [5.74, 6) is -0.00627. The van der Waals surface area contributed by atoms with Gasteiger partial charge in [0.25, 0.3) is 0 Å². The molecule has 0 atom stereocenters. The van der Waals surface area contributed by atoms with Crippen LogP contribution in [0.5, 0.6) is 0 Å². The molecule has 0 saturated carbocycles. The van der Waals surface area contributed by atoms with Crippen molar-refractivity contribution in [2.75, 3.05) is 0 Å². The molecule has 0 amide bonds. The lowest BCUT2D eigenvalue weighted by atomic mass is 10.0. The molecule has 0 fully saturated rings. The molecule has 0 aliphatic carbocycles. The van der Waals surface area contributed by atoms with Crippen LogP contribution >= 0.6 is 11.3 Å². The fourth-order valence-electron chi connectivity index (χ4n) is 3.84. The lowest BCUT2D eigenvalue weighted by Gasteiger charge is -2.10. The molecule has 12 nitrogen and oxygen atoms in total. The normalized spacial score (nSPS) is 12.4. The fraction of sp³-hybridized carbons (Fsp3) is 0.158. The molecule has 0 bridgehead atoms. The number of fused-ring (bicyclic) bond motifs is 5. The minimum atomic E-state index is -4.67. The Morgan fingerprint density at radius 2 is 2.00 bits per heavy atom. The van der Waals surface area contributed by atoms with Crippen LogP contribution in [0.4, 0.5) is 18.9 Å². The smallest absolute Gasteiger partial charge is 0.272 e. The van der Waals surface area contributed by atoms with Gasteiger partial charge in [-0.3, -0.25) is 19.9 Å². The van der Waals surface area contributed by atoms with E-state index in [2.05, 4.69) is 35.3 Å². The average Bonchev–Trinajstić information content (AvgIpc) is 3.57. The van der Waals surface area contributed by atoms with Gasteiger partial charge in [0.1, 0.15) is 27.7 Å². The lowest BCUT2D eigenvalue weighted by molar-refractivity contribution is -0.384. The molecule has 6 heterocycles. The van der Waals surface area contributed by atoms with Gasteiger partial charge in [-0.1, -0.05) is 0 Å². The van der Waals surface area contributed by atoms with E-state index < -0.39 is 16.8 Å². The largest absolute Gasteiger partial charge is 0.433 e. The van der Waals surface area contributed by atoms with Gasteiger partial charge in [-0.25, -0.2) is 19.5 Å². The first kappa shape index (κ1) is 21.1. The third-order valence-corrected chi connectivity index (χ3v) is 6.69. The Bertz CT molecular complexity index is 1810. The summed E-state index contributed by atoms with van der Waals surface area (Å²) in [7, 11) is 1.70. The number of aryl methyl sites for hydroxylation is 1. The van der Waals surface area contributed by atoms with Gasteiger partial charge in [-0.15, -0.1) is 16.4 Å². The molecule has 0 saturated heterocycles. The second-order valence-electron chi connectivity index (χ2n) is 7.62. The van der Waals surface area contributed by atoms with Crippen LogP contribution in [0.15, 0.2) is 24.8 Å². The van der Waals surface area contributed by atoms with Crippen LogP contribution in [0.2, 0.25) is 0 Å². The number of aromatic nitrogens is 9. The number of halogens is 3. The second-order valence-corrected chi connectivity index (χ2v) is 8.61. The first-order valence-electron chi connectivity index (χ1n) is 9.86. The quantitative estimate of drug-likeness (QED) is 0.284. The highest BCUT2D eigenvalue weighted by Crippen LogP contribution is 2.43. The summed E-state index contributed by atoms with van der Waals surface area (Å²) in [5, 5.41) is 26.3. The fourth-order valence-corrected chi connectivity index (χ4v) is 4.97. The van der Waals surface area contributed by atoms with E-state index in [9.17, 15) is 23.3 Å². The molecule has 6 aromatic rings. The van der Waals surface area contributed by atoms with Gasteiger partial charge in [0, 0.05) is 23.7 Å². The number of nitrogens with one attached hydrogen (secondary N) is 1. The topological polar surface area (TPSA) is 146 Å². The van der Waals surface area contributed by atoms with Crippen molar-refractivity contribution in [3.63, 3.8) is 0 Å². The lowest BCUT2D eigenvalue weighted by Crippen LogP contribution is -2.08. The average molecular weight is 500 g/mol. The monoisotopic (exact) mass is 500 g/mol. The van der Waals surface area contributed by atoms with Crippen LogP contribution in [-0.2, 0) is 13.2 Å². The molecule has 6 aromatic heterocycles. The molecular formula is C19H11F3N10O2S. The number of rotatable bonds is 3. The van der Waals surface area contributed by atoms with E-state index in [1.54, 1.807) is 18.7 Å². The SMILES string of the molecule is Cc1c(-c2cc(C(F)(F)F)nc3sc4c(ncn5nc(-c6[nH]ncc6[N+](=O)[O-])nc45)c23)cnn1C. The molecule has 1 N–H and O–H groups in total. The number of pyridine rings is 1. The maximum Gasteiger partial charge on any atom is 0.433 e. The maximum absolute atomic E-state index is 13.7. The van der Waals surface area contributed by atoms with Crippen molar-refractivity contribution in [3.8, 4) is 22.6 Å². The number of hydrogen-bond acceptors (Lipinski definition) is 9. The van der Waals surface area contributed by atoms with Gasteiger partial charge < -0.3 is 0 Å². The molecule has 0 aliphatic heterocycles. The minimum absolute atomic E-state index is 0.00267. The van der Waals surface area contributed by atoms with Gasteiger partial charge in [0.05, 0.1) is 16.6 Å². The first-order valence-corrected chi connectivity index (χ1v) is 10.7. The summed E-state index contributed by atoms with van der Waals surface area (Å²) in [5.41, 5.74) is 0.768. The highest BCUT2D eigenvalue weighted by Gasteiger charge is 2.35. The van der Waals surface area contributed by atoms with E-state index in [1.807, 2.05) is 0 Å². The third kappa shape index (κ3) is 3.06. The number of aromatic amines is 1. The molecule has 0 aromatic carbocycles. The summed E-state index contributed by atoms with van der Waals surface area (Å²) in [4.78, 5) is 23.5. The van der Waals surface area contributed by atoms with Crippen LogP contribution in [0.25, 0.3) is 48.7 Å². The molecule has 0 aliphatic rings. The zero-order valence-corrected chi connectivity index (χ0v) is 18.5. The molecular weight excluding hydrogens is 489 g/mol. The number of nitrogens with zero attached hydrogens (tertiary/aromatic N) is 9. The van der Waals surface area contributed by atoms with Crippen LogP contribution < -0.4 is 0 Å². The highest BCUT2D eigenvalue weighted by molar-refractivity contribution is 7.26. The van der Waals surface area contributed by atoms with Gasteiger partial charge in [-0.2, -0.15) is 23.4 Å². The summed E-state index contributed by atoms with van der Waals surface area (Å²) in [6, 6.07) is 0.994. The molecule has 6 rings (SSSR count). The molecule has 16 heteroatoms. The predicted octanol–water partition coefficient (Wildman–Crippen LogP) is 3.91. The van der Waals surface area contributed by atoms with Crippen molar-refractivity contribution in [3.05, 3.63) is 46.3 Å². The Balaban J connectivity index is 1.68. The van der Waals surface area contributed by atoms with E-state index in [0.29, 0.717) is 32.4 Å². The first-order chi connectivity index (χ1) is 16.6. The maximum atomic E-state index is 13.7. The second kappa shape index (κ2) is 7.02. The Morgan fingerprint density at radius 1 is 1.20 bits per heavy atom. The summed E-state index contributed by atoms with van der Waals surface area (Å²) in [6.07, 6.45) is -0.780. The summed E-state index contributed by atoms with van der Waals surface area (Å²) >= 11 is 0.980. The number of thiophene rings is 1. The van der Waals surface area contributed by atoms with Crippen LogP contribution in [-0.4, -0.2) is 49.5 Å². The van der Waals surface area contributed by atoms with Gasteiger partial charge in [-0.05, 0) is 18.6 Å². The molecule has 176 valence electrons. The zero-order valence-electron chi connectivity index (χ0n) is 17.7. The Hall–Kier alpha value is -4.47. The van der Waals surface area contributed by atoms with Gasteiger partial charge in [0.15, 0.2) is 11.3 Å². The number of hydrogen-bond donors (Lipinski definition) is 1. The van der Waals surface area contributed by atoms with Gasteiger partial charge in [0.2, 0.25) is 5.82 Å². The van der Waals surface area contributed by atoms with Crippen LogP contribution in [0.1, 0.15) is 11.4 Å². The zero-order chi connectivity index (χ0) is 24.6. The van der Waals surface area contributed by atoms with E-state index in [4.69, 9.17) is 0 Å². The van der Waals surface area contributed by atoms with Crippen LogP contribution in [0, 0.1) is 17.0 Å². The number of alkyl halides is 3. The molecule has 35 heavy (non-hydrogen) atoms. The van der Waals surface area contributed by atoms with Crippen molar-refractivity contribution in [2.45, 2.75) is 13.1 Å². The van der Waals surface area contributed by atoms with E-state index >= 15 is 0 Å². The Labute approximate surface area is 195 Å². The number of H-pyrrole nitrogens is 1. The van der Waals surface area contributed by atoms with Crippen molar-refractivity contribution < 1.29 is 18.1 Å². The minimum Gasteiger partial charge on any atom is -0.272 e. The van der Waals surface area contributed by atoms with Crippen molar-refractivity contribution >= 4 is 43.1 Å². The third-order valence-electron chi connectivity index (χ3n) is 5.62. The summed E-state index contributed by atoms with van der Waals surface area (Å²) in [6.45, 7) is 1.75. The standard InChI is InChI=1S/C19H11F3N10O2S/c1-7-9(4-25-30(7)2)8-3-11(19(20,21)22)26-18-12(8)14-15(35-18)17-27-16(29-31(17)6-23-14)13-10(32(33)34)5-24-28-13/h3-6H,1-2H3,(H,24,28). The highest BCUT2D eigenvalue weighted by atomic mass is 32.1. The van der Waals surface area contributed by atoms with E-state index in [0.717, 1.165) is 23.6 Å². The Morgan fingerprint density at radius 3 is 2.69 bits per heavy atom. The molecule has 0 spiro atoms. The van der Waals surface area contributed by atoms with E-state index in [1.165, 1.54) is 17.0 Å². The van der Waals surface area contributed by atoms with Crippen molar-refractivity contribution in [1.29, 1.82) is 0 Å². The number of nitro groups is 1. The van der Waals surface area contributed by atoms with Gasteiger partial charge >= 0.3 is 11.9 Å². The van der Waals surface area contributed by atoms with E-state index in [-0.39, 0.29) is 27.7 Å². The predicted molar refractivity (Wildman–Crippen MR) is 118 cm³/mol. The molecule has 0 unspecified atom stereocenters. The van der Waals surface area contributed by atoms with Crippen molar-refractivity contribution in [2.24, 2.45) is 7.05 Å². The van der Waals surface area contributed by atoms with Crippen molar-refractivity contribution in [1.82, 2.24) is 44.5 Å². The molecule has 0 radical (unpaired) electrons. The summed E-state index contributed by atoms with van der Waals surface area (Å²) < 4.78 is 44.4. The van der Waals surface area contributed by atoms with Crippen LogP contribution in [0.3, 0.4) is 0 Å². The Kier molecular flexibility index (Phi) is 4.23.